The lowest BCUT2D eigenvalue weighted by Gasteiger charge is -2.16. The smallest absolute Gasteiger partial charge is 0.195 e. The van der Waals surface area contributed by atoms with Crippen LogP contribution in [-0.4, -0.2) is 11.4 Å². The van der Waals surface area contributed by atoms with Gasteiger partial charge in [-0.05, 0) is 20.8 Å². The summed E-state index contributed by atoms with van der Waals surface area (Å²) >= 11 is 0. The van der Waals surface area contributed by atoms with Crippen molar-refractivity contribution in [1.29, 1.82) is 0 Å². The molecule has 0 saturated carbocycles. The molecule has 0 spiro atoms. The molecule has 2 aromatic rings. The van der Waals surface area contributed by atoms with E-state index >= 15 is 0 Å². The number of furan rings is 1. The minimum Gasteiger partial charge on any atom is -0.483 e. The van der Waals surface area contributed by atoms with Gasteiger partial charge in [0.2, 0.25) is 0 Å². The lowest BCUT2D eigenvalue weighted by atomic mass is 10.0. The number of carbonyl (C=O) groups excluding carboxylic acids is 1. The second kappa shape index (κ2) is 3.37. The predicted molar refractivity (Wildman–Crippen MR) is 69.4 cm³/mol. The minimum absolute atomic E-state index is 0.0466. The van der Waals surface area contributed by atoms with Crippen molar-refractivity contribution < 1.29 is 13.9 Å². The van der Waals surface area contributed by atoms with Gasteiger partial charge in [0.1, 0.15) is 5.60 Å². The second-order valence-corrected chi connectivity index (χ2v) is 5.58. The number of carbonyl (C=O) groups is 1. The SMILES string of the molecule is CC(=O)c1oc2c3c(ccc2c1C)CC(C)(C)O3. The Bertz CT molecular complexity index is 662. The van der Waals surface area contributed by atoms with Gasteiger partial charge in [-0.1, -0.05) is 12.1 Å². The standard InChI is InChI=1S/C15H16O3/c1-8-11-6-5-10-7-15(3,4)18-13(10)14(11)17-12(8)9(2)16/h5-6H,7H2,1-4H3. The third-order valence-corrected chi connectivity index (χ3v) is 3.46. The van der Waals surface area contributed by atoms with Crippen molar-refractivity contribution in [2.45, 2.75) is 39.7 Å². The zero-order chi connectivity index (χ0) is 13.1. The first kappa shape index (κ1) is 11.3. The first-order valence-electron chi connectivity index (χ1n) is 6.14. The van der Waals surface area contributed by atoms with Gasteiger partial charge in [0.15, 0.2) is 22.9 Å². The Morgan fingerprint density at radius 3 is 2.72 bits per heavy atom. The summed E-state index contributed by atoms with van der Waals surface area (Å²) in [4.78, 5) is 11.5. The van der Waals surface area contributed by atoms with Crippen LogP contribution in [0.2, 0.25) is 0 Å². The number of rotatable bonds is 1. The molecule has 18 heavy (non-hydrogen) atoms. The fraction of sp³-hybridized carbons (Fsp3) is 0.400. The molecule has 3 rings (SSSR count). The average molecular weight is 244 g/mol. The van der Waals surface area contributed by atoms with Gasteiger partial charge in [-0.2, -0.15) is 0 Å². The normalized spacial score (nSPS) is 16.7. The number of ether oxygens (including phenoxy) is 1. The van der Waals surface area contributed by atoms with Crippen LogP contribution in [0, 0.1) is 6.92 Å². The zero-order valence-electron chi connectivity index (χ0n) is 11.1. The molecule has 1 aliphatic rings. The molecule has 0 radical (unpaired) electrons. The molecular formula is C15H16O3. The number of hydrogen-bond donors (Lipinski definition) is 0. The van der Waals surface area contributed by atoms with E-state index in [1.807, 2.05) is 13.0 Å². The monoisotopic (exact) mass is 244 g/mol. The Labute approximate surface area is 106 Å². The van der Waals surface area contributed by atoms with Crippen molar-refractivity contribution in [3.05, 3.63) is 29.0 Å². The highest BCUT2D eigenvalue weighted by molar-refractivity contribution is 6.00. The van der Waals surface area contributed by atoms with Crippen molar-refractivity contribution in [3.63, 3.8) is 0 Å². The summed E-state index contributed by atoms with van der Waals surface area (Å²) in [6.45, 7) is 7.55. The third kappa shape index (κ3) is 1.47. The van der Waals surface area contributed by atoms with E-state index in [1.54, 1.807) is 0 Å². The Morgan fingerprint density at radius 1 is 1.33 bits per heavy atom. The van der Waals surface area contributed by atoms with Crippen molar-refractivity contribution in [1.82, 2.24) is 0 Å². The summed E-state index contributed by atoms with van der Waals surface area (Å²) in [5.74, 6) is 1.19. The molecule has 2 heterocycles. The molecule has 1 aromatic heterocycles. The highest BCUT2D eigenvalue weighted by atomic mass is 16.5. The van der Waals surface area contributed by atoms with Gasteiger partial charge in [-0.25, -0.2) is 0 Å². The molecule has 0 fully saturated rings. The van der Waals surface area contributed by atoms with E-state index in [4.69, 9.17) is 9.15 Å². The van der Waals surface area contributed by atoms with E-state index in [2.05, 4.69) is 19.9 Å². The molecule has 0 bridgehead atoms. The average Bonchev–Trinajstić information content (AvgIpc) is 2.74. The van der Waals surface area contributed by atoms with Gasteiger partial charge < -0.3 is 9.15 Å². The van der Waals surface area contributed by atoms with Crippen LogP contribution in [0.25, 0.3) is 11.0 Å². The fourth-order valence-electron chi connectivity index (χ4n) is 2.66. The first-order valence-corrected chi connectivity index (χ1v) is 6.14. The quantitative estimate of drug-likeness (QED) is 0.719. The van der Waals surface area contributed by atoms with Gasteiger partial charge in [-0.15, -0.1) is 0 Å². The highest BCUT2D eigenvalue weighted by Crippen LogP contribution is 2.42. The number of benzene rings is 1. The van der Waals surface area contributed by atoms with E-state index in [-0.39, 0.29) is 11.4 Å². The Balaban J connectivity index is 2.30. The van der Waals surface area contributed by atoms with Gasteiger partial charge in [0.05, 0.1) is 0 Å². The van der Waals surface area contributed by atoms with Crippen LogP contribution in [-0.2, 0) is 6.42 Å². The maximum Gasteiger partial charge on any atom is 0.195 e. The van der Waals surface area contributed by atoms with Gasteiger partial charge >= 0.3 is 0 Å². The topological polar surface area (TPSA) is 39.4 Å². The minimum atomic E-state index is -0.201. The molecule has 0 N–H and O–H groups in total. The number of hydrogen-bond acceptors (Lipinski definition) is 3. The van der Waals surface area contributed by atoms with E-state index in [0.29, 0.717) is 11.3 Å². The van der Waals surface area contributed by atoms with Crippen LogP contribution in [0.15, 0.2) is 16.5 Å². The molecule has 1 aliphatic heterocycles. The molecule has 3 heteroatoms. The predicted octanol–water partition coefficient (Wildman–Crippen LogP) is 3.66. The van der Waals surface area contributed by atoms with Gasteiger partial charge in [-0.3, -0.25) is 4.79 Å². The van der Waals surface area contributed by atoms with Crippen molar-refractivity contribution in [3.8, 4) is 5.75 Å². The number of fused-ring (bicyclic) bond motifs is 3. The van der Waals surface area contributed by atoms with E-state index in [0.717, 1.165) is 28.7 Å². The molecule has 0 aliphatic carbocycles. The maximum absolute atomic E-state index is 11.5. The molecule has 3 nitrogen and oxygen atoms in total. The summed E-state index contributed by atoms with van der Waals surface area (Å²) in [7, 11) is 0. The summed E-state index contributed by atoms with van der Waals surface area (Å²) in [5.41, 5.74) is 2.55. The van der Waals surface area contributed by atoms with Gasteiger partial charge in [0.25, 0.3) is 0 Å². The van der Waals surface area contributed by atoms with Crippen molar-refractivity contribution in [2.24, 2.45) is 0 Å². The fourth-order valence-corrected chi connectivity index (χ4v) is 2.66. The van der Waals surface area contributed by atoms with E-state index in [1.165, 1.54) is 6.92 Å². The molecule has 0 amide bonds. The van der Waals surface area contributed by atoms with Crippen LogP contribution in [0.1, 0.15) is 42.5 Å². The number of aryl methyl sites for hydroxylation is 1. The number of ketones is 1. The van der Waals surface area contributed by atoms with Crippen LogP contribution in [0.4, 0.5) is 0 Å². The summed E-state index contributed by atoms with van der Waals surface area (Å²) < 4.78 is 11.7. The first-order chi connectivity index (χ1) is 8.39. The van der Waals surface area contributed by atoms with E-state index < -0.39 is 0 Å². The Morgan fingerprint density at radius 2 is 2.06 bits per heavy atom. The van der Waals surface area contributed by atoms with Crippen molar-refractivity contribution in [2.75, 3.05) is 0 Å². The van der Waals surface area contributed by atoms with Gasteiger partial charge in [0, 0.05) is 29.9 Å². The summed E-state index contributed by atoms with van der Waals surface area (Å²) in [6.07, 6.45) is 0.868. The lowest BCUT2D eigenvalue weighted by molar-refractivity contribution is 0.0988. The summed E-state index contributed by atoms with van der Waals surface area (Å²) in [5, 5.41) is 0.969. The maximum atomic E-state index is 11.5. The third-order valence-electron chi connectivity index (χ3n) is 3.46. The Kier molecular flexibility index (Phi) is 2.12. The van der Waals surface area contributed by atoms with Crippen molar-refractivity contribution >= 4 is 16.8 Å². The molecule has 1 aromatic carbocycles. The summed E-state index contributed by atoms with van der Waals surface area (Å²) in [6, 6.07) is 4.09. The largest absolute Gasteiger partial charge is 0.483 e. The lowest BCUT2D eigenvalue weighted by Crippen LogP contribution is -2.24. The van der Waals surface area contributed by atoms with Crippen LogP contribution in [0.3, 0.4) is 0 Å². The Hall–Kier alpha value is -1.77. The van der Waals surface area contributed by atoms with Crippen LogP contribution < -0.4 is 4.74 Å². The second-order valence-electron chi connectivity index (χ2n) is 5.58. The van der Waals surface area contributed by atoms with E-state index in [9.17, 15) is 4.79 Å². The molecular weight excluding hydrogens is 228 g/mol. The van der Waals surface area contributed by atoms with Crippen LogP contribution >= 0.6 is 0 Å². The number of Topliss-reactive ketones (excluding diaryl/α,β-unsaturated/α-hetero) is 1. The molecule has 0 saturated heterocycles. The molecule has 94 valence electrons. The zero-order valence-corrected chi connectivity index (χ0v) is 11.1. The highest BCUT2D eigenvalue weighted by Gasteiger charge is 2.33. The molecule has 0 atom stereocenters. The van der Waals surface area contributed by atoms with Crippen LogP contribution in [0.5, 0.6) is 5.75 Å². The molecule has 0 unspecified atom stereocenters.